The molecule has 130 valence electrons. The molecule has 1 aliphatic heterocycles. The van der Waals surface area contributed by atoms with E-state index < -0.39 is 4.92 Å². The summed E-state index contributed by atoms with van der Waals surface area (Å²) >= 11 is 6.35. The minimum atomic E-state index is -0.515. The minimum absolute atomic E-state index is 0.130. The molecule has 0 spiro atoms. The second kappa shape index (κ2) is 7.94. The van der Waals surface area contributed by atoms with Crippen LogP contribution in [0.2, 0.25) is 0 Å². The van der Waals surface area contributed by atoms with Gasteiger partial charge in [-0.05, 0) is 29.9 Å². The normalized spacial score (nSPS) is 15.8. The van der Waals surface area contributed by atoms with Gasteiger partial charge in [0, 0.05) is 6.07 Å². The topological polar surface area (TPSA) is 75.5 Å². The third-order valence-electron chi connectivity index (χ3n) is 3.46. The van der Waals surface area contributed by atoms with Gasteiger partial charge < -0.3 is 0 Å². The molecule has 26 heavy (non-hydrogen) atoms. The number of nitrogens with one attached hydrogen (secondary N) is 1. The molecule has 0 bridgehead atoms. The molecule has 1 amide bonds. The van der Waals surface area contributed by atoms with Gasteiger partial charge in [-0.15, -0.1) is 0 Å². The van der Waals surface area contributed by atoms with Crippen molar-refractivity contribution in [3.63, 3.8) is 0 Å². The maximum atomic E-state index is 12.5. The number of para-hydroxylation sites is 2. The fourth-order valence-electron chi connectivity index (χ4n) is 2.24. The summed E-state index contributed by atoms with van der Waals surface area (Å²) < 4.78 is 0.285. The smallest absolute Gasteiger partial charge is 0.283 e. The summed E-state index contributed by atoms with van der Waals surface area (Å²) in [5, 5.41) is 12.2. The standard InChI is InChI=1S/C18H13N3O3S2/c22-17-16(12-6-9-13-7-2-1-3-8-13)26-18(25)20(17)19-14-10-4-5-11-15(14)21(23)24/h1-12,19H/b9-6-,16-12+. The van der Waals surface area contributed by atoms with E-state index in [1.807, 2.05) is 36.4 Å². The summed E-state index contributed by atoms with van der Waals surface area (Å²) in [7, 11) is 0. The number of thiocarbonyl (C=S) groups is 1. The average Bonchev–Trinajstić information content (AvgIpc) is 2.90. The molecule has 0 saturated carbocycles. The molecule has 8 heteroatoms. The van der Waals surface area contributed by atoms with Crippen molar-refractivity contribution in [2.45, 2.75) is 0 Å². The van der Waals surface area contributed by atoms with Crippen LogP contribution in [0.4, 0.5) is 11.4 Å². The van der Waals surface area contributed by atoms with E-state index >= 15 is 0 Å². The van der Waals surface area contributed by atoms with Crippen LogP contribution in [-0.2, 0) is 4.79 Å². The van der Waals surface area contributed by atoms with Crippen LogP contribution >= 0.6 is 24.0 Å². The van der Waals surface area contributed by atoms with Crippen LogP contribution in [0, 0.1) is 10.1 Å². The van der Waals surface area contributed by atoms with E-state index in [0.29, 0.717) is 4.91 Å². The number of nitro benzene ring substituents is 1. The average molecular weight is 383 g/mol. The van der Waals surface area contributed by atoms with Gasteiger partial charge in [-0.1, -0.05) is 66.4 Å². The van der Waals surface area contributed by atoms with Gasteiger partial charge in [-0.2, -0.15) is 0 Å². The summed E-state index contributed by atoms with van der Waals surface area (Å²) in [4.78, 5) is 23.6. The lowest BCUT2D eigenvalue weighted by Crippen LogP contribution is -2.34. The molecule has 1 saturated heterocycles. The van der Waals surface area contributed by atoms with E-state index in [9.17, 15) is 14.9 Å². The number of allylic oxidation sites excluding steroid dienone is 2. The van der Waals surface area contributed by atoms with Crippen LogP contribution in [0.1, 0.15) is 5.56 Å². The second-order valence-electron chi connectivity index (χ2n) is 5.20. The molecule has 0 atom stereocenters. The number of carbonyl (C=O) groups excluding carboxylic acids is 1. The van der Waals surface area contributed by atoms with Crippen molar-refractivity contribution in [1.29, 1.82) is 0 Å². The number of amides is 1. The highest BCUT2D eigenvalue weighted by Gasteiger charge is 2.33. The first-order valence-corrected chi connectivity index (χ1v) is 8.78. The Hall–Kier alpha value is -2.97. The van der Waals surface area contributed by atoms with Gasteiger partial charge in [0.25, 0.3) is 11.6 Å². The predicted molar refractivity (Wildman–Crippen MR) is 107 cm³/mol. The first-order chi connectivity index (χ1) is 12.6. The summed E-state index contributed by atoms with van der Waals surface area (Å²) in [6, 6.07) is 15.8. The van der Waals surface area contributed by atoms with Crippen molar-refractivity contribution in [2.24, 2.45) is 0 Å². The SMILES string of the molecule is O=C1/C(=C\C=C/c2ccccc2)SC(=S)N1Nc1ccccc1[N+](=O)[O-]. The number of anilines is 1. The van der Waals surface area contributed by atoms with E-state index in [0.717, 1.165) is 22.3 Å². The first-order valence-electron chi connectivity index (χ1n) is 7.56. The monoisotopic (exact) mass is 383 g/mol. The van der Waals surface area contributed by atoms with E-state index in [2.05, 4.69) is 5.43 Å². The number of nitro groups is 1. The van der Waals surface area contributed by atoms with E-state index in [1.54, 1.807) is 24.3 Å². The Morgan fingerprint density at radius 3 is 2.54 bits per heavy atom. The third-order valence-corrected chi connectivity index (χ3v) is 4.78. The molecule has 6 nitrogen and oxygen atoms in total. The number of hydrogen-bond donors (Lipinski definition) is 1. The molecule has 0 radical (unpaired) electrons. The van der Waals surface area contributed by atoms with Crippen LogP contribution in [0.25, 0.3) is 6.08 Å². The lowest BCUT2D eigenvalue weighted by atomic mass is 10.2. The number of rotatable bonds is 5. The zero-order valence-electron chi connectivity index (χ0n) is 13.4. The predicted octanol–water partition coefficient (Wildman–Crippen LogP) is 4.38. The van der Waals surface area contributed by atoms with Crippen LogP contribution in [0.3, 0.4) is 0 Å². The van der Waals surface area contributed by atoms with Crippen LogP contribution in [-0.4, -0.2) is 20.2 Å². The molecule has 0 unspecified atom stereocenters. The molecule has 1 aliphatic rings. The molecule has 0 aromatic heterocycles. The molecular weight excluding hydrogens is 370 g/mol. The van der Waals surface area contributed by atoms with Gasteiger partial charge in [0.1, 0.15) is 5.69 Å². The highest BCUT2D eigenvalue weighted by molar-refractivity contribution is 8.26. The summed E-state index contributed by atoms with van der Waals surface area (Å²) in [5.41, 5.74) is 3.83. The lowest BCUT2D eigenvalue weighted by molar-refractivity contribution is -0.384. The molecule has 1 heterocycles. The van der Waals surface area contributed by atoms with Gasteiger partial charge in [0.05, 0.1) is 9.83 Å². The van der Waals surface area contributed by atoms with Gasteiger partial charge in [-0.25, -0.2) is 5.01 Å². The Bertz CT molecular complexity index is 926. The van der Waals surface area contributed by atoms with Crippen molar-refractivity contribution < 1.29 is 9.72 Å². The second-order valence-corrected chi connectivity index (χ2v) is 6.87. The highest BCUT2D eigenvalue weighted by Crippen LogP contribution is 2.33. The molecule has 3 rings (SSSR count). The quantitative estimate of drug-likeness (QED) is 0.357. The first kappa shape index (κ1) is 17.8. The summed E-state index contributed by atoms with van der Waals surface area (Å²) in [5.74, 6) is -0.351. The number of hydrogen-bond acceptors (Lipinski definition) is 6. The number of thioether (sulfide) groups is 1. The van der Waals surface area contributed by atoms with Gasteiger partial charge in [0.2, 0.25) is 0 Å². The maximum Gasteiger partial charge on any atom is 0.294 e. The van der Waals surface area contributed by atoms with Crippen molar-refractivity contribution in [3.8, 4) is 0 Å². The Kier molecular flexibility index (Phi) is 5.45. The molecule has 2 aromatic rings. The van der Waals surface area contributed by atoms with E-state index in [-0.39, 0.29) is 21.6 Å². The number of hydrazine groups is 1. The van der Waals surface area contributed by atoms with Gasteiger partial charge >= 0.3 is 0 Å². The fourth-order valence-corrected chi connectivity index (χ4v) is 3.37. The molecule has 2 aromatic carbocycles. The molecule has 1 fully saturated rings. The number of nitrogens with zero attached hydrogens (tertiary/aromatic N) is 2. The Balaban J connectivity index is 1.76. The van der Waals surface area contributed by atoms with E-state index in [4.69, 9.17) is 12.2 Å². The Morgan fingerprint density at radius 1 is 1.12 bits per heavy atom. The number of benzene rings is 2. The van der Waals surface area contributed by atoms with Gasteiger partial charge in [0.15, 0.2) is 4.32 Å². The molecule has 0 aliphatic carbocycles. The summed E-state index contributed by atoms with van der Waals surface area (Å²) in [6.07, 6.45) is 5.32. The molecule has 1 N–H and O–H groups in total. The van der Waals surface area contributed by atoms with E-state index in [1.165, 1.54) is 12.1 Å². The van der Waals surface area contributed by atoms with Crippen LogP contribution < -0.4 is 5.43 Å². The zero-order chi connectivity index (χ0) is 18.5. The largest absolute Gasteiger partial charge is 0.294 e. The zero-order valence-corrected chi connectivity index (χ0v) is 15.0. The van der Waals surface area contributed by atoms with Gasteiger partial charge in [-0.3, -0.25) is 20.3 Å². The van der Waals surface area contributed by atoms with Crippen LogP contribution in [0.15, 0.2) is 71.7 Å². The molecular formula is C18H13N3O3S2. The fraction of sp³-hybridized carbons (Fsp3) is 0. The van der Waals surface area contributed by atoms with Crippen molar-refractivity contribution in [1.82, 2.24) is 5.01 Å². The number of carbonyl (C=O) groups is 1. The Labute approximate surface area is 159 Å². The van der Waals surface area contributed by atoms with Crippen molar-refractivity contribution >= 4 is 51.7 Å². The Morgan fingerprint density at radius 2 is 1.81 bits per heavy atom. The minimum Gasteiger partial charge on any atom is -0.283 e. The third kappa shape index (κ3) is 3.98. The van der Waals surface area contributed by atoms with Crippen molar-refractivity contribution in [2.75, 3.05) is 5.43 Å². The summed E-state index contributed by atoms with van der Waals surface area (Å²) in [6.45, 7) is 0. The lowest BCUT2D eigenvalue weighted by Gasteiger charge is -2.16. The van der Waals surface area contributed by atoms with Crippen LogP contribution in [0.5, 0.6) is 0 Å². The van der Waals surface area contributed by atoms with Crippen molar-refractivity contribution in [3.05, 3.63) is 87.3 Å². The maximum absolute atomic E-state index is 12.5. The highest BCUT2D eigenvalue weighted by atomic mass is 32.2.